The molecule has 0 N–H and O–H groups in total. The van der Waals surface area contributed by atoms with Crippen molar-refractivity contribution in [1.82, 2.24) is 0 Å². The first kappa shape index (κ1) is 14.2. The van der Waals surface area contributed by atoms with Gasteiger partial charge in [0.15, 0.2) is 0 Å². The molecule has 0 saturated carbocycles. The van der Waals surface area contributed by atoms with Crippen molar-refractivity contribution in [2.45, 2.75) is 34.6 Å². The lowest BCUT2D eigenvalue weighted by atomic mass is 10.1. The zero-order valence-electron chi connectivity index (χ0n) is 11.7. The lowest BCUT2D eigenvalue weighted by Crippen LogP contribution is -2.03. The molecule has 1 heterocycles. The molecular weight excluding hydrogens is 224 g/mol. The summed E-state index contributed by atoms with van der Waals surface area (Å²) in [6.45, 7) is 9.90. The van der Waals surface area contributed by atoms with E-state index < -0.39 is 0 Å². The molecule has 0 unspecified atom stereocenters. The fourth-order valence-corrected chi connectivity index (χ4v) is 1.28. The Morgan fingerprint density at radius 2 is 1.83 bits per heavy atom. The molecule has 1 aromatic heterocycles. The van der Waals surface area contributed by atoms with E-state index in [-0.39, 0.29) is 5.63 Å². The molecule has 0 saturated heterocycles. The van der Waals surface area contributed by atoms with Gasteiger partial charge < -0.3 is 4.42 Å². The Hall–Kier alpha value is -1.83. The van der Waals surface area contributed by atoms with E-state index in [1.807, 2.05) is 31.2 Å². The van der Waals surface area contributed by atoms with Gasteiger partial charge in [-0.15, -0.1) is 0 Å². The third-order valence-electron chi connectivity index (χ3n) is 2.88. The summed E-state index contributed by atoms with van der Waals surface area (Å²) in [5, 5.41) is 0. The summed E-state index contributed by atoms with van der Waals surface area (Å²) in [4.78, 5) is 11.4. The van der Waals surface area contributed by atoms with Gasteiger partial charge in [-0.3, -0.25) is 0 Å². The minimum Gasteiger partial charge on any atom is -0.423 e. The minimum absolute atomic E-state index is 0.273. The average Bonchev–Trinajstić information content (AvgIpc) is 2.32. The van der Waals surface area contributed by atoms with Crippen LogP contribution >= 0.6 is 0 Å². The van der Waals surface area contributed by atoms with Crippen LogP contribution < -0.4 is 5.63 Å². The van der Waals surface area contributed by atoms with Gasteiger partial charge in [0.25, 0.3) is 0 Å². The van der Waals surface area contributed by atoms with Crippen LogP contribution in [0.5, 0.6) is 0 Å². The molecule has 1 aromatic rings. The Bertz CT molecular complexity index is 565. The number of hydrogen-bond acceptors (Lipinski definition) is 2. The third-order valence-corrected chi connectivity index (χ3v) is 2.88. The third kappa shape index (κ3) is 3.88. The van der Waals surface area contributed by atoms with Crippen LogP contribution in [0.3, 0.4) is 0 Å². The summed E-state index contributed by atoms with van der Waals surface area (Å²) in [5.41, 5.74) is 3.82. The maximum atomic E-state index is 11.4. The Morgan fingerprint density at radius 3 is 2.39 bits per heavy atom. The van der Waals surface area contributed by atoms with Crippen molar-refractivity contribution in [3.8, 4) is 0 Å². The average molecular weight is 244 g/mol. The molecule has 0 atom stereocenters. The molecule has 18 heavy (non-hydrogen) atoms. The van der Waals surface area contributed by atoms with Crippen molar-refractivity contribution in [3.63, 3.8) is 0 Å². The first-order valence-electron chi connectivity index (χ1n) is 6.02. The number of allylic oxidation sites excluding steroid dienone is 6. The van der Waals surface area contributed by atoms with Crippen molar-refractivity contribution in [3.05, 3.63) is 63.3 Å². The summed E-state index contributed by atoms with van der Waals surface area (Å²) in [6.07, 6.45) is 5.96. The van der Waals surface area contributed by atoms with Crippen LogP contribution in [0.4, 0.5) is 0 Å². The topological polar surface area (TPSA) is 30.2 Å². The van der Waals surface area contributed by atoms with Crippen molar-refractivity contribution >= 4 is 5.57 Å². The van der Waals surface area contributed by atoms with Gasteiger partial charge in [0, 0.05) is 5.56 Å². The van der Waals surface area contributed by atoms with Gasteiger partial charge in [0.1, 0.15) is 5.76 Å². The molecule has 0 spiro atoms. The Labute approximate surface area is 108 Å². The zero-order chi connectivity index (χ0) is 13.7. The first-order chi connectivity index (χ1) is 8.41. The van der Waals surface area contributed by atoms with Crippen LogP contribution in [-0.2, 0) is 0 Å². The quantitative estimate of drug-likeness (QED) is 0.743. The highest BCUT2D eigenvalue weighted by atomic mass is 16.4. The van der Waals surface area contributed by atoms with Gasteiger partial charge >= 0.3 is 5.63 Å². The van der Waals surface area contributed by atoms with Gasteiger partial charge in [0.05, 0.1) is 0 Å². The van der Waals surface area contributed by atoms with Crippen molar-refractivity contribution < 1.29 is 4.42 Å². The molecule has 0 aliphatic rings. The Balaban J connectivity index is 2.94. The van der Waals surface area contributed by atoms with E-state index in [9.17, 15) is 4.79 Å². The van der Waals surface area contributed by atoms with Gasteiger partial charge in [-0.2, -0.15) is 0 Å². The van der Waals surface area contributed by atoms with Crippen LogP contribution in [0.15, 0.2) is 50.7 Å². The molecule has 0 fully saturated rings. The number of aryl methyl sites for hydroxylation is 1. The highest BCUT2D eigenvalue weighted by molar-refractivity contribution is 5.60. The normalized spacial score (nSPS) is 11.9. The second-order valence-corrected chi connectivity index (χ2v) is 4.66. The summed E-state index contributed by atoms with van der Waals surface area (Å²) in [5.74, 6) is 0.616. The van der Waals surface area contributed by atoms with Gasteiger partial charge in [-0.25, -0.2) is 4.79 Å². The van der Waals surface area contributed by atoms with Crippen LogP contribution in [0.1, 0.15) is 39.0 Å². The molecule has 0 amide bonds. The van der Waals surface area contributed by atoms with E-state index in [4.69, 9.17) is 4.42 Å². The molecule has 0 aromatic carbocycles. The number of hydrogen-bond donors (Lipinski definition) is 0. The second-order valence-electron chi connectivity index (χ2n) is 4.66. The predicted molar refractivity (Wildman–Crippen MR) is 76.6 cm³/mol. The van der Waals surface area contributed by atoms with Crippen LogP contribution in [-0.4, -0.2) is 0 Å². The maximum Gasteiger partial charge on any atom is 0.339 e. The van der Waals surface area contributed by atoms with Gasteiger partial charge in [0.2, 0.25) is 0 Å². The SMILES string of the molecule is CC(C)=C(C)C=C/C=C(\C)c1ccc(C)c(=O)o1. The Morgan fingerprint density at radius 1 is 1.17 bits per heavy atom. The van der Waals surface area contributed by atoms with Crippen molar-refractivity contribution in [2.75, 3.05) is 0 Å². The maximum absolute atomic E-state index is 11.4. The predicted octanol–water partition coefficient (Wildman–Crippen LogP) is 4.26. The monoisotopic (exact) mass is 244 g/mol. The molecule has 2 heteroatoms. The molecule has 0 aliphatic carbocycles. The van der Waals surface area contributed by atoms with E-state index in [1.165, 1.54) is 11.1 Å². The summed E-state index contributed by atoms with van der Waals surface area (Å²) in [6, 6.07) is 3.60. The fraction of sp³-hybridized carbons (Fsp3) is 0.312. The molecule has 96 valence electrons. The van der Waals surface area contributed by atoms with E-state index >= 15 is 0 Å². The first-order valence-corrected chi connectivity index (χ1v) is 6.02. The second kappa shape index (κ2) is 6.20. The summed E-state index contributed by atoms with van der Waals surface area (Å²) < 4.78 is 5.21. The van der Waals surface area contributed by atoms with Crippen LogP contribution in [0.25, 0.3) is 5.57 Å². The minimum atomic E-state index is -0.273. The van der Waals surface area contributed by atoms with Crippen molar-refractivity contribution in [1.29, 1.82) is 0 Å². The van der Waals surface area contributed by atoms with E-state index in [1.54, 1.807) is 13.0 Å². The largest absolute Gasteiger partial charge is 0.423 e. The molecular formula is C16H20O2. The highest BCUT2D eigenvalue weighted by Gasteiger charge is 2.00. The van der Waals surface area contributed by atoms with E-state index in [0.29, 0.717) is 11.3 Å². The van der Waals surface area contributed by atoms with Gasteiger partial charge in [-0.05, 0) is 52.3 Å². The van der Waals surface area contributed by atoms with E-state index in [2.05, 4.69) is 20.8 Å². The molecule has 2 nitrogen and oxygen atoms in total. The lowest BCUT2D eigenvalue weighted by Gasteiger charge is -1.99. The summed E-state index contributed by atoms with van der Waals surface area (Å²) >= 11 is 0. The molecule has 0 bridgehead atoms. The van der Waals surface area contributed by atoms with Crippen LogP contribution in [0.2, 0.25) is 0 Å². The Kier molecular flexibility index (Phi) is 4.90. The molecule has 1 rings (SSSR count). The smallest absolute Gasteiger partial charge is 0.339 e. The molecule has 0 radical (unpaired) electrons. The highest BCUT2D eigenvalue weighted by Crippen LogP contribution is 2.12. The van der Waals surface area contributed by atoms with Crippen molar-refractivity contribution in [2.24, 2.45) is 0 Å². The van der Waals surface area contributed by atoms with Crippen LogP contribution in [0, 0.1) is 6.92 Å². The lowest BCUT2D eigenvalue weighted by molar-refractivity contribution is 0.492. The fourth-order valence-electron chi connectivity index (χ4n) is 1.28. The molecule has 0 aliphatic heterocycles. The standard InChI is InChI=1S/C16H20O2/c1-11(2)12(3)7-6-8-13(4)15-10-9-14(5)16(17)18-15/h6-10H,1-5H3/b7-6?,13-8+. The number of rotatable bonds is 3. The summed E-state index contributed by atoms with van der Waals surface area (Å²) in [7, 11) is 0. The zero-order valence-corrected chi connectivity index (χ0v) is 11.7. The van der Waals surface area contributed by atoms with Gasteiger partial charge in [-0.1, -0.05) is 29.4 Å². The van der Waals surface area contributed by atoms with E-state index in [0.717, 1.165) is 5.57 Å².